The van der Waals surface area contributed by atoms with E-state index in [2.05, 4.69) is 11.4 Å². The number of carbonyl (C=O) groups excluding carboxylic acids is 2. The van der Waals surface area contributed by atoms with E-state index in [1.54, 1.807) is 11.3 Å². The summed E-state index contributed by atoms with van der Waals surface area (Å²) in [5.74, 6) is 0.127. The van der Waals surface area contributed by atoms with Crippen LogP contribution in [0.5, 0.6) is 0 Å². The van der Waals surface area contributed by atoms with E-state index in [1.165, 1.54) is 10.4 Å². The molecular formula is C20H27N3O3S. The molecule has 0 saturated carbocycles. The van der Waals surface area contributed by atoms with Gasteiger partial charge in [-0.05, 0) is 57.3 Å². The van der Waals surface area contributed by atoms with Gasteiger partial charge in [-0.15, -0.1) is 11.3 Å². The maximum absolute atomic E-state index is 13.3. The van der Waals surface area contributed by atoms with Gasteiger partial charge in [0.15, 0.2) is 0 Å². The summed E-state index contributed by atoms with van der Waals surface area (Å²) in [7, 11) is 0. The van der Waals surface area contributed by atoms with E-state index in [0.717, 1.165) is 63.2 Å². The van der Waals surface area contributed by atoms with Crippen LogP contribution in [0.3, 0.4) is 0 Å². The molecular weight excluding hydrogens is 362 g/mol. The van der Waals surface area contributed by atoms with Gasteiger partial charge in [0.2, 0.25) is 5.91 Å². The molecule has 3 fully saturated rings. The third-order valence-corrected chi connectivity index (χ3v) is 7.97. The molecule has 27 heavy (non-hydrogen) atoms. The molecule has 6 nitrogen and oxygen atoms in total. The minimum atomic E-state index is -0.366. The number of carbonyl (C=O) groups is 2. The molecule has 5 rings (SSSR count). The average molecular weight is 390 g/mol. The monoisotopic (exact) mass is 389 g/mol. The molecule has 4 aliphatic heterocycles. The Morgan fingerprint density at radius 2 is 2.19 bits per heavy atom. The Morgan fingerprint density at radius 1 is 1.37 bits per heavy atom. The van der Waals surface area contributed by atoms with Gasteiger partial charge in [0.1, 0.15) is 6.04 Å². The molecule has 1 spiro atoms. The molecule has 4 aliphatic rings. The molecule has 0 radical (unpaired) electrons. The molecule has 0 aromatic carbocycles. The fraction of sp³-hybridized carbons (Fsp3) is 0.700. The Morgan fingerprint density at radius 3 is 3.00 bits per heavy atom. The van der Waals surface area contributed by atoms with Gasteiger partial charge >= 0.3 is 0 Å². The number of ether oxygens (including phenoxy) is 1. The van der Waals surface area contributed by atoms with E-state index in [9.17, 15) is 9.59 Å². The summed E-state index contributed by atoms with van der Waals surface area (Å²) in [5.41, 5.74) is 1.00. The van der Waals surface area contributed by atoms with Crippen molar-refractivity contribution in [3.05, 3.63) is 21.4 Å². The Labute approximate surface area is 163 Å². The lowest BCUT2D eigenvalue weighted by Crippen LogP contribution is -2.60. The first-order valence-electron chi connectivity index (χ1n) is 10.2. The number of nitrogens with one attached hydrogen (secondary N) is 1. The number of rotatable bonds is 1. The first-order valence-corrected chi connectivity index (χ1v) is 11.0. The molecule has 146 valence electrons. The Bertz CT molecular complexity index is 771. The predicted octanol–water partition coefficient (Wildman–Crippen LogP) is 1.73. The Balaban J connectivity index is 1.44. The molecule has 1 aromatic rings. The van der Waals surface area contributed by atoms with Crippen molar-refractivity contribution >= 4 is 23.2 Å². The first kappa shape index (κ1) is 17.6. The van der Waals surface area contributed by atoms with Crippen LogP contribution in [0.4, 0.5) is 0 Å². The van der Waals surface area contributed by atoms with E-state index in [0.29, 0.717) is 6.54 Å². The fourth-order valence-electron chi connectivity index (χ4n) is 5.24. The van der Waals surface area contributed by atoms with E-state index >= 15 is 0 Å². The van der Waals surface area contributed by atoms with E-state index in [-0.39, 0.29) is 29.5 Å². The second-order valence-corrected chi connectivity index (χ2v) is 9.39. The van der Waals surface area contributed by atoms with Crippen LogP contribution in [0.15, 0.2) is 6.07 Å². The normalized spacial score (nSPS) is 29.7. The maximum Gasteiger partial charge on any atom is 0.264 e. The predicted molar refractivity (Wildman–Crippen MR) is 103 cm³/mol. The highest BCUT2D eigenvalue weighted by molar-refractivity contribution is 7.14. The third kappa shape index (κ3) is 2.74. The third-order valence-electron chi connectivity index (χ3n) is 6.78. The first-order chi connectivity index (χ1) is 13.1. The largest absolute Gasteiger partial charge is 0.370 e. The fourth-order valence-corrected chi connectivity index (χ4v) is 6.43. The van der Waals surface area contributed by atoms with E-state index < -0.39 is 0 Å². The standard InChI is InChI=1S/C20H27N3O3S/c1-13-18(24)22-9-2-3-14(22)12-23(13)19(25)17-11-15-16(27-17)4-10-26-20(15)5-7-21-8-6-20/h11,13-14,21H,2-10,12H2,1H3/t13-,14-/m0/s1. The zero-order valence-electron chi connectivity index (χ0n) is 15.8. The van der Waals surface area contributed by atoms with Crippen molar-refractivity contribution in [3.63, 3.8) is 0 Å². The number of nitrogens with zero attached hydrogens (tertiary/aromatic N) is 2. The van der Waals surface area contributed by atoms with Crippen molar-refractivity contribution in [2.24, 2.45) is 0 Å². The van der Waals surface area contributed by atoms with Crippen molar-refractivity contribution in [2.45, 2.75) is 56.7 Å². The summed E-state index contributed by atoms with van der Waals surface area (Å²) in [6.07, 6.45) is 4.85. The van der Waals surface area contributed by atoms with Gasteiger partial charge in [-0.25, -0.2) is 0 Å². The molecule has 1 aromatic heterocycles. The van der Waals surface area contributed by atoms with Crippen molar-refractivity contribution in [1.82, 2.24) is 15.1 Å². The lowest BCUT2D eigenvalue weighted by Gasteiger charge is -2.41. The smallest absolute Gasteiger partial charge is 0.264 e. The highest BCUT2D eigenvalue weighted by Crippen LogP contribution is 2.44. The maximum atomic E-state index is 13.3. The SMILES string of the molecule is C[C@H]1C(=O)N2CCC[C@H]2CN1C(=O)c1cc2c(s1)CCOC21CCNCC1. The van der Waals surface area contributed by atoms with E-state index in [1.807, 2.05) is 16.7 Å². The number of piperidine rings is 1. The lowest BCUT2D eigenvalue weighted by atomic mass is 9.83. The molecule has 5 heterocycles. The molecule has 3 saturated heterocycles. The molecule has 7 heteroatoms. The number of hydrogen-bond acceptors (Lipinski definition) is 5. The zero-order valence-corrected chi connectivity index (χ0v) is 16.6. The number of amides is 2. The van der Waals surface area contributed by atoms with Crippen LogP contribution in [-0.2, 0) is 21.6 Å². The second kappa shape index (κ2) is 6.57. The minimum absolute atomic E-state index is 0.0193. The van der Waals surface area contributed by atoms with Gasteiger partial charge in [-0.1, -0.05) is 0 Å². The van der Waals surface area contributed by atoms with Crippen LogP contribution in [-0.4, -0.2) is 66.5 Å². The van der Waals surface area contributed by atoms with Gasteiger partial charge in [0.25, 0.3) is 5.91 Å². The summed E-state index contributed by atoms with van der Waals surface area (Å²) in [6.45, 7) is 6.02. The molecule has 2 atom stereocenters. The summed E-state index contributed by atoms with van der Waals surface area (Å²) in [4.78, 5) is 31.9. The van der Waals surface area contributed by atoms with Crippen LogP contribution in [0.2, 0.25) is 0 Å². The highest BCUT2D eigenvalue weighted by Gasteiger charge is 2.44. The molecule has 0 aliphatic carbocycles. The van der Waals surface area contributed by atoms with Crippen LogP contribution < -0.4 is 5.32 Å². The van der Waals surface area contributed by atoms with Crippen LogP contribution in [0.25, 0.3) is 0 Å². The van der Waals surface area contributed by atoms with Crippen molar-refractivity contribution in [3.8, 4) is 0 Å². The number of fused-ring (bicyclic) bond motifs is 3. The quantitative estimate of drug-likeness (QED) is 0.795. The van der Waals surface area contributed by atoms with Gasteiger partial charge in [0.05, 0.1) is 17.1 Å². The summed E-state index contributed by atoms with van der Waals surface area (Å²) < 4.78 is 6.25. The second-order valence-electron chi connectivity index (χ2n) is 8.25. The summed E-state index contributed by atoms with van der Waals surface area (Å²) in [5, 5.41) is 3.41. The molecule has 0 bridgehead atoms. The topological polar surface area (TPSA) is 61.9 Å². The van der Waals surface area contributed by atoms with Gasteiger partial charge in [0, 0.05) is 30.4 Å². The number of hydrogen-bond donors (Lipinski definition) is 1. The Hall–Kier alpha value is -1.44. The average Bonchev–Trinajstić information content (AvgIpc) is 3.33. The molecule has 1 N–H and O–H groups in total. The van der Waals surface area contributed by atoms with Crippen molar-refractivity contribution in [1.29, 1.82) is 0 Å². The van der Waals surface area contributed by atoms with Crippen LogP contribution in [0.1, 0.15) is 52.7 Å². The van der Waals surface area contributed by atoms with Gasteiger partial charge < -0.3 is 19.9 Å². The lowest BCUT2D eigenvalue weighted by molar-refractivity contribution is -0.141. The van der Waals surface area contributed by atoms with Gasteiger partial charge in [-0.3, -0.25) is 9.59 Å². The minimum Gasteiger partial charge on any atom is -0.370 e. The highest BCUT2D eigenvalue weighted by atomic mass is 32.1. The van der Waals surface area contributed by atoms with Crippen molar-refractivity contribution in [2.75, 3.05) is 32.8 Å². The number of piperazine rings is 1. The van der Waals surface area contributed by atoms with E-state index in [4.69, 9.17) is 4.74 Å². The van der Waals surface area contributed by atoms with Crippen LogP contribution >= 0.6 is 11.3 Å². The summed E-state index contributed by atoms with van der Waals surface area (Å²) >= 11 is 1.62. The van der Waals surface area contributed by atoms with Crippen molar-refractivity contribution < 1.29 is 14.3 Å². The molecule has 2 amide bonds. The van der Waals surface area contributed by atoms with Crippen LogP contribution in [0, 0.1) is 0 Å². The summed E-state index contributed by atoms with van der Waals surface area (Å²) in [6, 6.07) is 1.91. The number of thiophene rings is 1. The Kier molecular flexibility index (Phi) is 4.29. The van der Waals surface area contributed by atoms with Gasteiger partial charge in [-0.2, -0.15) is 0 Å². The zero-order chi connectivity index (χ0) is 18.6. The molecule has 0 unspecified atom stereocenters.